The summed E-state index contributed by atoms with van der Waals surface area (Å²) in [6.45, 7) is 6.54. The first-order valence-corrected chi connectivity index (χ1v) is 6.20. The second kappa shape index (κ2) is 4.95. The molecule has 104 valence electrons. The Morgan fingerprint density at radius 3 is 2.68 bits per heavy atom. The van der Waals surface area contributed by atoms with Gasteiger partial charge in [0, 0.05) is 6.07 Å². The zero-order valence-corrected chi connectivity index (χ0v) is 11.4. The molecule has 2 heterocycles. The molecule has 1 saturated heterocycles. The van der Waals surface area contributed by atoms with E-state index >= 15 is 0 Å². The van der Waals surface area contributed by atoms with Crippen molar-refractivity contribution in [2.45, 2.75) is 32.5 Å². The summed E-state index contributed by atoms with van der Waals surface area (Å²) in [4.78, 5) is 17.4. The molecular weight excluding hydrogens is 246 g/mol. The second-order valence-corrected chi connectivity index (χ2v) is 5.53. The number of hydrogen-bond acceptors (Lipinski definition) is 5. The summed E-state index contributed by atoms with van der Waals surface area (Å²) < 4.78 is 10.9. The number of carbonyl (C=O) groups is 1. The maximum absolute atomic E-state index is 11.7. The smallest absolute Gasteiger partial charge is 0.410 e. The predicted molar refractivity (Wildman–Crippen MR) is 70.9 cm³/mol. The maximum Gasteiger partial charge on any atom is 0.410 e. The molecule has 2 N–H and O–H groups in total. The van der Waals surface area contributed by atoms with Crippen molar-refractivity contribution in [3.05, 3.63) is 18.2 Å². The number of nitrogen functional groups attached to an aromatic ring is 1. The fourth-order valence-corrected chi connectivity index (χ4v) is 1.66. The van der Waals surface area contributed by atoms with Gasteiger partial charge in [0.2, 0.25) is 5.88 Å². The van der Waals surface area contributed by atoms with Gasteiger partial charge < -0.3 is 20.1 Å². The van der Waals surface area contributed by atoms with Crippen molar-refractivity contribution in [2.75, 3.05) is 18.8 Å². The number of aromatic nitrogens is 1. The Labute approximate surface area is 112 Å². The first kappa shape index (κ1) is 13.5. The van der Waals surface area contributed by atoms with E-state index in [1.54, 1.807) is 23.1 Å². The number of pyridine rings is 1. The lowest BCUT2D eigenvalue weighted by atomic mass is 10.2. The van der Waals surface area contributed by atoms with Crippen LogP contribution in [0.5, 0.6) is 5.88 Å². The zero-order chi connectivity index (χ0) is 14.0. The maximum atomic E-state index is 11.7. The van der Waals surface area contributed by atoms with Crippen molar-refractivity contribution in [3.63, 3.8) is 0 Å². The summed E-state index contributed by atoms with van der Waals surface area (Å²) in [5.74, 6) is 0.898. The van der Waals surface area contributed by atoms with Gasteiger partial charge in [-0.25, -0.2) is 4.79 Å². The van der Waals surface area contributed by atoms with Crippen LogP contribution in [0.25, 0.3) is 0 Å². The van der Waals surface area contributed by atoms with E-state index in [9.17, 15) is 4.79 Å². The molecule has 0 aromatic carbocycles. The average Bonchev–Trinajstić information content (AvgIpc) is 2.20. The second-order valence-electron chi connectivity index (χ2n) is 5.53. The van der Waals surface area contributed by atoms with Crippen molar-refractivity contribution < 1.29 is 14.3 Å². The van der Waals surface area contributed by atoms with Gasteiger partial charge in [0.05, 0.1) is 13.1 Å². The van der Waals surface area contributed by atoms with Crippen molar-refractivity contribution in [2.24, 2.45) is 0 Å². The van der Waals surface area contributed by atoms with E-state index in [1.165, 1.54) is 0 Å². The lowest BCUT2D eigenvalue weighted by molar-refractivity contribution is -0.0231. The number of rotatable bonds is 2. The molecule has 6 heteroatoms. The van der Waals surface area contributed by atoms with Crippen LogP contribution in [0.15, 0.2) is 18.2 Å². The highest BCUT2D eigenvalue weighted by molar-refractivity contribution is 5.69. The molecule has 19 heavy (non-hydrogen) atoms. The van der Waals surface area contributed by atoms with Crippen LogP contribution in [0.4, 0.5) is 10.6 Å². The summed E-state index contributed by atoms with van der Waals surface area (Å²) >= 11 is 0. The molecule has 0 aliphatic carbocycles. The van der Waals surface area contributed by atoms with Gasteiger partial charge >= 0.3 is 6.09 Å². The van der Waals surface area contributed by atoms with Crippen LogP contribution in [-0.2, 0) is 4.74 Å². The third-order valence-electron chi connectivity index (χ3n) is 2.53. The molecule has 1 aliphatic heterocycles. The number of nitrogens with zero attached hydrogens (tertiary/aromatic N) is 2. The van der Waals surface area contributed by atoms with Gasteiger partial charge in [0.25, 0.3) is 0 Å². The van der Waals surface area contributed by atoms with Gasteiger partial charge in [-0.1, -0.05) is 6.07 Å². The Hall–Kier alpha value is -1.98. The molecule has 1 fully saturated rings. The standard InChI is InChI=1S/C13H19N3O3/c1-13(2,3)19-12(17)16-7-9(8-16)18-11-6-4-5-10(14)15-11/h4-6,9H,7-8H2,1-3H3,(H2,14,15). The predicted octanol–water partition coefficient (Wildman–Crippen LogP) is 1.66. The molecule has 0 bridgehead atoms. The largest absolute Gasteiger partial charge is 0.471 e. The Balaban J connectivity index is 1.79. The van der Waals surface area contributed by atoms with Gasteiger partial charge in [-0.3, -0.25) is 0 Å². The highest BCUT2D eigenvalue weighted by Crippen LogP contribution is 2.19. The Bertz CT molecular complexity index is 464. The molecule has 6 nitrogen and oxygen atoms in total. The first-order chi connectivity index (χ1) is 8.83. The van der Waals surface area contributed by atoms with Gasteiger partial charge in [0.15, 0.2) is 0 Å². The summed E-state index contributed by atoms with van der Waals surface area (Å²) in [5.41, 5.74) is 5.09. The van der Waals surface area contributed by atoms with Gasteiger partial charge in [-0.2, -0.15) is 4.98 Å². The number of hydrogen-bond donors (Lipinski definition) is 1. The third-order valence-corrected chi connectivity index (χ3v) is 2.53. The van der Waals surface area contributed by atoms with Crippen LogP contribution in [0.1, 0.15) is 20.8 Å². The van der Waals surface area contributed by atoms with Crippen molar-refractivity contribution in [1.82, 2.24) is 9.88 Å². The van der Waals surface area contributed by atoms with Crippen LogP contribution >= 0.6 is 0 Å². The van der Waals surface area contributed by atoms with E-state index < -0.39 is 5.60 Å². The Kier molecular flexibility index (Phi) is 3.50. The van der Waals surface area contributed by atoms with Crippen LogP contribution in [0, 0.1) is 0 Å². The minimum atomic E-state index is -0.474. The van der Waals surface area contributed by atoms with Crippen LogP contribution in [0.2, 0.25) is 0 Å². The molecule has 1 aliphatic rings. The van der Waals surface area contributed by atoms with Crippen LogP contribution in [-0.4, -0.2) is 40.8 Å². The summed E-state index contributed by atoms with van der Waals surface area (Å²) in [5, 5.41) is 0. The fraction of sp³-hybridized carbons (Fsp3) is 0.538. The van der Waals surface area contributed by atoms with E-state index in [2.05, 4.69) is 4.98 Å². The number of ether oxygens (including phenoxy) is 2. The lowest BCUT2D eigenvalue weighted by Crippen LogP contribution is -2.57. The van der Waals surface area contributed by atoms with E-state index in [4.69, 9.17) is 15.2 Å². The van der Waals surface area contributed by atoms with Crippen LogP contribution in [0.3, 0.4) is 0 Å². The monoisotopic (exact) mass is 265 g/mol. The van der Waals surface area contributed by atoms with E-state index in [-0.39, 0.29) is 12.2 Å². The van der Waals surface area contributed by atoms with Crippen molar-refractivity contribution >= 4 is 11.9 Å². The molecular formula is C13H19N3O3. The topological polar surface area (TPSA) is 77.7 Å². The molecule has 1 aromatic rings. The third kappa shape index (κ3) is 3.74. The number of likely N-dealkylation sites (tertiary alicyclic amines) is 1. The zero-order valence-electron chi connectivity index (χ0n) is 11.4. The van der Waals surface area contributed by atoms with Gasteiger partial charge in [-0.15, -0.1) is 0 Å². The highest BCUT2D eigenvalue weighted by atomic mass is 16.6. The highest BCUT2D eigenvalue weighted by Gasteiger charge is 2.35. The number of amides is 1. The molecule has 2 rings (SSSR count). The van der Waals surface area contributed by atoms with Crippen molar-refractivity contribution in [1.29, 1.82) is 0 Å². The van der Waals surface area contributed by atoms with E-state index in [0.717, 1.165) is 0 Å². The Morgan fingerprint density at radius 1 is 1.42 bits per heavy atom. The molecule has 0 spiro atoms. The minimum absolute atomic E-state index is 0.0539. The summed E-state index contributed by atoms with van der Waals surface area (Å²) in [6.07, 6.45) is -0.366. The Morgan fingerprint density at radius 2 is 2.11 bits per heavy atom. The number of anilines is 1. The summed E-state index contributed by atoms with van der Waals surface area (Å²) in [7, 11) is 0. The molecule has 0 unspecified atom stereocenters. The van der Waals surface area contributed by atoms with E-state index in [0.29, 0.717) is 24.8 Å². The molecule has 0 atom stereocenters. The normalized spacial score (nSPS) is 15.8. The SMILES string of the molecule is CC(C)(C)OC(=O)N1CC(Oc2cccc(N)n2)C1. The molecule has 1 aromatic heterocycles. The quantitative estimate of drug-likeness (QED) is 0.880. The minimum Gasteiger partial charge on any atom is -0.471 e. The number of nitrogens with two attached hydrogens (primary N) is 1. The first-order valence-electron chi connectivity index (χ1n) is 6.20. The molecule has 0 saturated carbocycles. The molecule has 0 radical (unpaired) electrons. The summed E-state index contributed by atoms with van der Waals surface area (Å²) in [6, 6.07) is 5.22. The lowest BCUT2D eigenvalue weighted by Gasteiger charge is -2.39. The fourth-order valence-electron chi connectivity index (χ4n) is 1.66. The number of carbonyl (C=O) groups excluding carboxylic acids is 1. The van der Waals surface area contributed by atoms with E-state index in [1.807, 2.05) is 20.8 Å². The average molecular weight is 265 g/mol. The van der Waals surface area contributed by atoms with Crippen LogP contribution < -0.4 is 10.5 Å². The molecule has 1 amide bonds. The van der Waals surface area contributed by atoms with Crippen molar-refractivity contribution in [3.8, 4) is 5.88 Å². The van der Waals surface area contributed by atoms with Gasteiger partial charge in [-0.05, 0) is 26.8 Å². The van der Waals surface area contributed by atoms with Gasteiger partial charge in [0.1, 0.15) is 17.5 Å².